The van der Waals surface area contributed by atoms with Crippen molar-refractivity contribution in [3.8, 4) is 17.2 Å². The van der Waals surface area contributed by atoms with Crippen molar-refractivity contribution in [3.05, 3.63) is 58.3 Å². The van der Waals surface area contributed by atoms with Crippen LogP contribution in [0.3, 0.4) is 0 Å². The molecule has 2 aliphatic heterocycles. The number of benzene rings is 2. The summed E-state index contributed by atoms with van der Waals surface area (Å²) in [5.74, 6) is 0.243. The molecule has 0 spiro atoms. The molecule has 0 saturated carbocycles. The standard InChI is InChI=1S/C22H20ClNO6/c1-27-17-7-12(8-18(28-2)21(17)29-3)15-10-19(25)24(14-6-4-5-13(23)9-14)16-11-30-22(26)20(15)16/h4-9,15H,10-11H2,1-3H3/t15-/m0/s1. The summed E-state index contributed by atoms with van der Waals surface area (Å²) in [6, 6.07) is 10.5. The summed E-state index contributed by atoms with van der Waals surface area (Å²) in [5, 5.41) is 0.499. The number of esters is 1. The molecule has 4 rings (SSSR count). The fraction of sp³-hybridized carbons (Fsp3) is 0.273. The van der Waals surface area contributed by atoms with Gasteiger partial charge in [0, 0.05) is 17.4 Å². The molecule has 0 fully saturated rings. The lowest BCUT2D eigenvalue weighted by Gasteiger charge is -2.32. The number of carbonyl (C=O) groups is 2. The van der Waals surface area contributed by atoms with Gasteiger partial charge in [0.25, 0.3) is 0 Å². The van der Waals surface area contributed by atoms with Gasteiger partial charge in [0.15, 0.2) is 11.5 Å². The van der Waals surface area contributed by atoms with E-state index in [1.165, 1.54) is 26.2 Å². The van der Waals surface area contributed by atoms with E-state index in [9.17, 15) is 9.59 Å². The fourth-order valence-corrected chi connectivity index (χ4v) is 4.14. The number of hydrogen-bond acceptors (Lipinski definition) is 6. The van der Waals surface area contributed by atoms with Crippen LogP contribution in [0.1, 0.15) is 17.9 Å². The van der Waals surface area contributed by atoms with Crippen LogP contribution >= 0.6 is 11.6 Å². The second kappa shape index (κ2) is 7.91. The van der Waals surface area contributed by atoms with Gasteiger partial charge in [0.2, 0.25) is 11.7 Å². The first-order chi connectivity index (χ1) is 14.5. The van der Waals surface area contributed by atoms with E-state index in [0.29, 0.717) is 44.8 Å². The molecule has 0 bridgehead atoms. The van der Waals surface area contributed by atoms with Gasteiger partial charge in [0.1, 0.15) is 6.61 Å². The number of rotatable bonds is 5. The second-order valence-electron chi connectivity index (χ2n) is 6.86. The van der Waals surface area contributed by atoms with Crippen molar-refractivity contribution in [1.82, 2.24) is 0 Å². The number of amides is 1. The van der Waals surface area contributed by atoms with Gasteiger partial charge in [-0.1, -0.05) is 17.7 Å². The Labute approximate surface area is 178 Å². The van der Waals surface area contributed by atoms with Gasteiger partial charge >= 0.3 is 5.97 Å². The molecule has 0 aromatic heterocycles. The summed E-state index contributed by atoms with van der Waals surface area (Å²) in [6.45, 7) is 0.0212. The first-order valence-corrected chi connectivity index (χ1v) is 9.64. The van der Waals surface area contributed by atoms with Crippen molar-refractivity contribution in [1.29, 1.82) is 0 Å². The molecule has 2 aromatic rings. The molecule has 156 valence electrons. The van der Waals surface area contributed by atoms with E-state index < -0.39 is 11.9 Å². The molecule has 0 N–H and O–H groups in total. The Morgan fingerprint density at radius 3 is 2.33 bits per heavy atom. The zero-order chi connectivity index (χ0) is 21.4. The first kappa shape index (κ1) is 20.1. The Morgan fingerprint density at radius 2 is 1.73 bits per heavy atom. The van der Waals surface area contributed by atoms with E-state index in [2.05, 4.69) is 0 Å². The molecular weight excluding hydrogens is 410 g/mol. The number of hydrogen-bond donors (Lipinski definition) is 0. The Bertz CT molecular complexity index is 1040. The van der Waals surface area contributed by atoms with Crippen LogP contribution in [0.5, 0.6) is 17.2 Å². The minimum atomic E-state index is -0.494. The molecule has 2 heterocycles. The van der Waals surface area contributed by atoms with Gasteiger partial charge in [-0.3, -0.25) is 9.69 Å². The molecule has 8 heteroatoms. The van der Waals surface area contributed by atoms with E-state index in [4.69, 9.17) is 30.5 Å². The lowest BCUT2D eigenvalue weighted by atomic mass is 9.83. The summed E-state index contributed by atoms with van der Waals surface area (Å²) in [4.78, 5) is 27.3. The topological polar surface area (TPSA) is 74.3 Å². The predicted molar refractivity (Wildman–Crippen MR) is 110 cm³/mol. The number of cyclic esters (lactones) is 1. The highest BCUT2D eigenvalue weighted by molar-refractivity contribution is 6.31. The molecule has 7 nitrogen and oxygen atoms in total. The Hall–Kier alpha value is -3.19. The van der Waals surface area contributed by atoms with Gasteiger partial charge in [-0.15, -0.1) is 0 Å². The highest BCUT2D eigenvalue weighted by Crippen LogP contribution is 2.46. The van der Waals surface area contributed by atoms with E-state index >= 15 is 0 Å². The van der Waals surface area contributed by atoms with Gasteiger partial charge in [-0.2, -0.15) is 0 Å². The zero-order valence-electron chi connectivity index (χ0n) is 16.7. The smallest absolute Gasteiger partial charge is 0.336 e. The summed E-state index contributed by atoms with van der Waals surface area (Å²) in [6.07, 6.45) is 0.0824. The maximum absolute atomic E-state index is 13.2. The molecule has 2 aliphatic rings. The van der Waals surface area contributed by atoms with Crippen LogP contribution in [0.2, 0.25) is 5.02 Å². The maximum Gasteiger partial charge on any atom is 0.336 e. The van der Waals surface area contributed by atoms with E-state index in [0.717, 1.165) is 0 Å². The molecule has 0 unspecified atom stereocenters. The van der Waals surface area contributed by atoms with E-state index in [-0.39, 0.29) is 18.9 Å². The van der Waals surface area contributed by atoms with E-state index in [1.54, 1.807) is 36.4 Å². The third-order valence-corrected chi connectivity index (χ3v) is 5.51. The Kier molecular flexibility index (Phi) is 5.30. The van der Waals surface area contributed by atoms with Crippen LogP contribution in [0.15, 0.2) is 47.7 Å². The number of anilines is 1. The first-order valence-electron chi connectivity index (χ1n) is 9.27. The van der Waals surface area contributed by atoms with Crippen molar-refractivity contribution < 1.29 is 28.5 Å². The monoisotopic (exact) mass is 429 g/mol. The number of methoxy groups -OCH3 is 3. The SMILES string of the molecule is COc1cc([C@@H]2CC(=O)N(c3cccc(Cl)c3)C3=C2C(=O)OC3)cc(OC)c1OC. The Balaban J connectivity index is 1.85. The number of ether oxygens (including phenoxy) is 4. The molecule has 0 radical (unpaired) electrons. The van der Waals surface area contributed by atoms with Crippen LogP contribution in [0, 0.1) is 0 Å². The Morgan fingerprint density at radius 1 is 1.03 bits per heavy atom. The van der Waals surface area contributed by atoms with Gasteiger partial charge in [0.05, 0.1) is 38.3 Å². The van der Waals surface area contributed by atoms with Crippen LogP contribution in [0.4, 0.5) is 5.69 Å². The summed E-state index contributed by atoms with van der Waals surface area (Å²) in [5.41, 5.74) is 2.28. The number of halogens is 1. The predicted octanol–water partition coefficient (Wildman–Crippen LogP) is 3.70. The summed E-state index contributed by atoms with van der Waals surface area (Å²) in [7, 11) is 4.55. The number of carbonyl (C=O) groups excluding carboxylic acids is 2. The van der Waals surface area contributed by atoms with Crippen LogP contribution < -0.4 is 19.1 Å². The van der Waals surface area contributed by atoms with Crippen molar-refractivity contribution >= 4 is 29.2 Å². The molecule has 1 atom stereocenters. The maximum atomic E-state index is 13.2. The van der Waals surface area contributed by atoms with Gasteiger partial charge < -0.3 is 18.9 Å². The average molecular weight is 430 g/mol. The van der Waals surface area contributed by atoms with Crippen LogP contribution in [-0.4, -0.2) is 39.8 Å². The molecule has 30 heavy (non-hydrogen) atoms. The highest BCUT2D eigenvalue weighted by atomic mass is 35.5. The summed E-state index contributed by atoms with van der Waals surface area (Å²) >= 11 is 6.11. The normalized spacial score (nSPS) is 18.3. The zero-order valence-corrected chi connectivity index (χ0v) is 17.5. The largest absolute Gasteiger partial charge is 0.493 e. The second-order valence-corrected chi connectivity index (χ2v) is 7.30. The lowest BCUT2D eigenvalue weighted by molar-refractivity contribution is -0.136. The third-order valence-electron chi connectivity index (χ3n) is 5.27. The minimum absolute atomic E-state index is 0.0212. The highest BCUT2D eigenvalue weighted by Gasteiger charge is 2.43. The van der Waals surface area contributed by atoms with Crippen LogP contribution in [-0.2, 0) is 14.3 Å². The minimum Gasteiger partial charge on any atom is -0.493 e. The fourth-order valence-electron chi connectivity index (χ4n) is 3.96. The quantitative estimate of drug-likeness (QED) is 0.675. The summed E-state index contributed by atoms with van der Waals surface area (Å²) < 4.78 is 21.6. The third kappa shape index (κ3) is 3.25. The molecule has 2 aromatic carbocycles. The molecule has 0 aliphatic carbocycles. The van der Waals surface area contributed by atoms with Crippen molar-refractivity contribution in [2.75, 3.05) is 32.8 Å². The number of nitrogens with zero attached hydrogens (tertiary/aromatic N) is 1. The lowest BCUT2D eigenvalue weighted by Crippen LogP contribution is -2.37. The molecule has 1 amide bonds. The van der Waals surface area contributed by atoms with Crippen molar-refractivity contribution in [3.63, 3.8) is 0 Å². The van der Waals surface area contributed by atoms with Crippen molar-refractivity contribution in [2.24, 2.45) is 0 Å². The van der Waals surface area contributed by atoms with Crippen molar-refractivity contribution in [2.45, 2.75) is 12.3 Å². The van der Waals surface area contributed by atoms with Gasteiger partial charge in [-0.25, -0.2) is 4.79 Å². The van der Waals surface area contributed by atoms with Gasteiger partial charge in [-0.05, 0) is 35.9 Å². The average Bonchev–Trinajstić information content (AvgIpc) is 3.13. The van der Waals surface area contributed by atoms with E-state index in [1.807, 2.05) is 0 Å². The molecule has 0 saturated heterocycles. The van der Waals surface area contributed by atoms with Crippen LogP contribution in [0.25, 0.3) is 0 Å². The molecular formula is C22H20ClNO6.